The Morgan fingerprint density at radius 2 is 2.05 bits per heavy atom. The second-order valence-corrected chi connectivity index (χ2v) is 5.12. The highest BCUT2D eigenvalue weighted by Gasteiger charge is 2.12. The molecule has 100 valence electrons. The van der Waals surface area contributed by atoms with Crippen LogP contribution in [0.25, 0.3) is 16.3 Å². The van der Waals surface area contributed by atoms with Crippen molar-refractivity contribution < 1.29 is 9.53 Å². The molecule has 2 heterocycles. The van der Waals surface area contributed by atoms with Crippen molar-refractivity contribution in [3.05, 3.63) is 53.5 Å². The Kier molecular flexibility index (Phi) is 3.35. The van der Waals surface area contributed by atoms with E-state index in [2.05, 4.69) is 5.10 Å². The molecule has 0 bridgehead atoms. The Hall–Kier alpha value is -2.40. The van der Waals surface area contributed by atoms with Gasteiger partial charge in [-0.05, 0) is 35.7 Å². The molecule has 3 aromatic rings. The summed E-state index contributed by atoms with van der Waals surface area (Å²) in [7, 11) is 1.63. The van der Waals surface area contributed by atoms with E-state index in [-0.39, 0.29) is 0 Å². The van der Waals surface area contributed by atoms with Gasteiger partial charge >= 0.3 is 0 Å². The van der Waals surface area contributed by atoms with Crippen molar-refractivity contribution >= 4 is 17.6 Å². The van der Waals surface area contributed by atoms with Gasteiger partial charge < -0.3 is 4.74 Å². The molecule has 4 nitrogen and oxygen atoms in total. The average Bonchev–Trinajstić information content (AvgIpc) is 3.16. The monoisotopic (exact) mass is 284 g/mol. The number of hydrogen-bond donors (Lipinski definition) is 0. The van der Waals surface area contributed by atoms with E-state index in [1.54, 1.807) is 29.3 Å². The van der Waals surface area contributed by atoms with Gasteiger partial charge in [0.15, 0.2) is 6.29 Å². The maximum atomic E-state index is 11.2. The van der Waals surface area contributed by atoms with Crippen LogP contribution in [0.2, 0.25) is 0 Å². The van der Waals surface area contributed by atoms with Gasteiger partial charge in [0.1, 0.15) is 11.4 Å². The van der Waals surface area contributed by atoms with Crippen molar-refractivity contribution in [3.63, 3.8) is 0 Å². The number of rotatable bonds is 4. The first kappa shape index (κ1) is 12.6. The Morgan fingerprint density at radius 3 is 2.65 bits per heavy atom. The number of carbonyl (C=O) groups is 1. The first-order chi connectivity index (χ1) is 9.81. The van der Waals surface area contributed by atoms with E-state index < -0.39 is 0 Å². The minimum Gasteiger partial charge on any atom is -0.497 e. The lowest BCUT2D eigenvalue weighted by Gasteiger charge is -2.03. The van der Waals surface area contributed by atoms with Crippen LogP contribution in [0.15, 0.2) is 48.0 Å². The van der Waals surface area contributed by atoms with Crippen LogP contribution in [0.5, 0.6) is 5.75 Å². The largest absolute Gasteiger partial charge is 0.497 e. The van der Waals surface area contributed by atoms with Crippen LogP contribution in [0.3, 0.4) is 0 Å². The van der Waals surface area contributed by atoms with Gasteiger partial charge in [0, 0.05) is 6.20 Å². The van der Waals surface area contributed by atoms with Gasteiger partial charge in [-0.25, -0.2) is 4.68 Å². The number of aromatic nitrogens is 2. The van der Waals surface area contributed by atoms with E-state index in [0.29, 0.717) is 11.3 Å². The maximum absolute atomic E-state index is 11.2. The van der Waals surface area contributed by atoms with Crippen molar-refractivity contribution in [3.8, 4) is 22.0 Å². The number of ether oxygens (including phenoxy) is 1. The van der Waals surface area contributed by atoms with Crippen LogP contribution < -0.4 is 4.74 Å². The lowest BCUT2D eigenvalue weighted by atomic mass is 10.2. The summed E-state index contributed by atoms with van der Waals surface area (Å²) in [5.41, 5.74) is 2.19. The van der Waals surface area contributed by atoms with Gasteiger partial charge in [0.25, 0.3) is 0 Å². The van der Waals surface area contributed by atoms with E-state index in [1.165, 1.54) is 0 Å². The number of thiophene rings is 1. The summed E-state index contributed by atoms with van der Waals surface area (Å²) in [6.45, 7) is 0. The fraction of sp³-hybridized carbons (Fsp3) is 0.0667. The Balaban J connectivity index is 2.04. The van der Waals surface area contributed by atoms with Gasteiger partial charge in [0.2, 0.25) is 0 Å². The summed E-state index contributed by atoms with van der Waals surface area (Å²) < 4.78 is 6.84. The molecule has 0 aliphatic rings. The standard InChI is InChI=1S/C15H12N2O2S/c1-19-13-6-4-12(5-7-13)17-9-11(10-18)15(16-17)14-3-2-8-20-14/h2-10H,1H3. The van der Waals surface area contributed by atoms with Crippen molar-refractivity contribution in [2.45, 2.75) is 0 Å². The van der Waals surface area contributed by atoms with Gasteiger partial charge in [-0.2, -0.15) is 5.10 Å². The molecule has 0 saturated carbocycles. The molecule has 3 rings (SSSR count). The predicted molar refractivity (Wildman–Crippen MR) is 78.8 cm³/mol. The van der Waals surface area contributed by atoms with E-state index in [9.17, 15) is 4.79 Å². The number of benzene rings is 1. The molecule has 0 spiro atoms. The van der Waals surface area contributed by atoms with E-state index in [0.717, 1.165) is 22.6 Å². The zero-order valence-electron chi connectivity index (χ0n) is 10.8. The van der Waals surface area contributed by atoms with Gasteiger partial charge in [-0.3, -0.25) is 4.79 Å². The first-order valence-corrected chi connectivity index (χ1v) is 6.93. The number of aldehydes is 1. The minimum absolute atomic E-state index is 0.586. The molecule has 0 aliphatic carbocycles. The third kappa shape index (κ3) is 2.23. The van der Waals surface area contributed by atoms with Gasteiger partial charge in [-0.15, -0.1) is 11.3 Å². The van der Waals surface area contributed by atoms with Crippen LogP contribution in [0, 0.1) is 0 Å². The third-order valence-corrected chi connectivity index (χ3v) is 3.84. The summed E-state index contributed by atoms with van der Waals surface area (Å²) in [5.74, 6) is 0.787. The quantitative estimate of drug-likeness (QED) is 0.689. The molecule has 0 saturated heterocycles. The zero-order valence-corrected chi connectivity index (χ0v) is 11.6. The maximum Gasteiger partial charge on any atom is 0.153 e. The average molecular weight is 284 g/mol. The Bertz CT molecular complexity index is 715. The van der Waals surface area contributed by atoms with Crippen LogP contribution >= 0.6 is 11.3 Å². The summed E-state index contributed by atoms with van der Waals surface area (Å²) in [5, 5.41) is 6.47. The topological polar surface area (TPSA) is 44.1 Å². The minimum atomic E-state index is 0.586. The highest BCUT2D eigenvalue weighted by atomic mass is 32.1. The number of carbonyl (C=O) groups excluding carboxylic acids is 1. The second-order valence-electron chi connectivity index (χ2n) is 4.17. The van der Waals surface area contributed by atoms with Gasteiger partial charge in [0.05, 0.1) is 23.2 Å². The molecule has 0 amide bonds. The zero-order chi connectivity index (χ0) is 13.9. The SMILES string of the molecule is COc1ccc(-n2cc(C=O)c(-c3cccs3)n2)cc1. The van der Waals surface area contributed by atoms with Crippen molar-refractivity contribution in [1.82, 2.24) is 9.78 Å². The normalized spacial score (nSPS) is 10.4. The summed E-state index contributed by atoms with van der Waals surface area (Å²) >= 11 is 1.57. The predicted octanol–water partition coefficient (Wildman–Crippen LogP) is 3.42. The summed E-state index contributed by atoms with van der Waals surface area (Å²) in [6, 6.07) is 11.4. The molecule has 2 aromatic heterocycles. The summed E-state index contributed by atoms with van der Waals surface area (Å²) in [4.78, 5) is 12.2. The third-order valence-electron chi connectivity index (χ3n) is 2.96. The molecule has 0 atom stereocenters. The summed E-state index contributed by atoms with van der Waals surface area (Å²) in [6.07, 6.45) is 2.58. The molecular weight excluding hydrogens is 272 g/mol. The molecule has 0 aliphatic heterocycles. The van der Waals surface area contributed by atoms with Crippen LogP contribution in [-0.4, -0.2) is 23.2 Å². The van der Waals surface area contributed by atoms with Crippen molar-refractivity contribution in [2.24, 2.45) is 0 Å². The highest BCUT2D eigenvalue weighted by Crippen LogP contribution is 2.27. The molecule has 5 heteroatoms. The first-order valence-electron chi connectivity index (χ1n) is 6.05. The van der Waals surface area contributed by atoms with Crippen LogP contribution in [0.4, 0.5) is 0 Å². The molecule has 0 unspecified atom stereocenters. The molecular formula is C15H12N2O2S. The number of methoxy groups -OCH3 is 1. The fourth-order valence-corrected chi connectivity index (χ4v) is 2.68. The van der Waals surface area contributed by atoms with Gasteiger partial charge in [-0.1, -0.05) is 6.07 Å². The van der Waals surface area contributed by atoms with E-state index in [1.807, 2.05) is 41.8 Å². The molecule has 1 aromatic carbocycles. The second kappa shape index (κ2) is 5.30. The number of nitrogens with zero attached hydrogens (tertiary/aromatic N) is 2. The number of hydrogen-bond acceptors (Lipinski definition) is 4. The van der Waals surface area contributed by atoms with E-state index >= 15 is 0 Å². The lowest BCUT2D eigenvalue weighted by Crippen LogP contribution is -1.94. The van der Waals surface area contributed by atoms with E-state index in [4.69, 9.17) is 4.74 Å². The van der Waals surface area contributed by atoms with Crippen molar-refractivity contribution in [1.29, 1.82) is 0 Å². The Morgan fingerprint density at radius 1 is 1.25 bits per heavy atom. The smallest absolute Gasteiger partial charge is 0.153 e. The van der Waals surface area contributed by atoms with Crippen LogP contribution in [-0.2, 0) is 0 Å². The molecule has 20 heavy (non-hydrogen) atoms. The molecule has 0 fully saturated rings. The van der Waals surface area contributed by atoms with Crippen LogP contribution in [0.1, 0.15) is 10.4 Å². The molecule has 0 N–H and O–H groups in total. The lowest BCUT2D eigenvalue weighted by molar-refractivity contribution is 0.112. The highest BCUT2D eigenvalue weighted by molar-refractivity contribution is 7.13. The van der Waals surface area contributed by atoms with Crippen molar-refractivity contribution in [2.75, 3.05) is 7.11 Å². The fourth-order valence-electron chi connectivity index (χ4n) is 1.95. The molecule has 0 radical (unpaired) electrons. The Labute approximate surface area is 120 Å².